The molecule has 1 aliphatic heterocycles. The van der Waals surface area contributed by atoms with Crippen molar-refractivity contribution in [3.05, 3.63) is 18.0 Å². The van der Waals surface area contributed by atoms with Gasteiger partial charge >= 0.3 is 0 Å². The highest BCUT2D eigenvalue weighted by molar-refractivity contribution is 5.09. The van der Waals surface area contributed by atoms with Crippen molar-refractivity contribution in [2.75, 3.05) is 19.7 Å². The molecule has 3 rings (SSSR count). The Balaban J connectivity index is 1.58. The summed E-state index contributed by atoms with van der Waals surface area (Å²) in [5.74, 6) is 0.538. The first-order chi connectivity index (χ1) is 10.3. The monoisotopic (exact) mass is 293 g/mol. The number of nitrogens with zero attached hydrogens (tertiary/aromatic N) is 3. The van der Waals surface area contributed by atoms with Crippen molar-refractivity contribution in [3.63, 3.8) is 0 Å². The highest BCUT2D eigenvalue weighted by Crippen LogP contribution is 2.32. The SMILES string of the molecule is OCCn1nccc1C1CCN(C2CCCCC2O)CC1. The Morgan fingerprint density at radius 1 is 1.14 bits per heavy atom. The first-order valence-electron chi connectivity index (χ1n) is 8.34. The molecule has 2 unspecified atom stereocenters. The summed E-state index contributed by atoms with van der Waals surface area (Å²) in [7, 11) is 0. The van der Waals surface area contributed by atoms with Gasteiger partial charge < -0.3 is 10.2 Å². The van der Waals surface area contributed by atoms with E-state index in [4.69, 9.17) is 5.11 Å². The molecule has 1 saturated heterocycles. The van der Waals surface area contributed by atoms with Crippen LogP contribution in [0.25, 0.3) is 0 Å². The first kappa shape index (κ1) is 15.0. The van der Waals surface area contributed by atoms with E-state index in [1.54, 1.807) is 0 Å². The molecule has 1 saturated carbocycles. The van der Waals surface area contributed by atoms with E-state index < -0.39 is 0 Å². The van der Waals surface area contributed by atoms with Crippen LogP contribution in [-0.4, -0.2) is 56.7 Å². The van der Waals surface area contributed by atoms with E-state index in [0.717, 1.165) is 38.8 Å². The van der Waals surface area contributed by atoms with Crippen molar-refractivity contribution < 1.29 is 10.2 Å². The molecule has 0 radical (unpaired) electrons. The van der Waals surface area contributed by atoms with E-state index >= 15 is 0 Å². The van der Waals surface area contributed by atoms with Gasteiger partial charge in [0.2, 0.25) is 0 Å². The fourth-order valence-electron chi connectivity index (χ4n) is 4.02. The van der Waals surface area contributed by atoms with Crippen molar-refractivity contribution in [3.8, 4) is 0 Å². The van der Waals surface area contributed by atoms with E-state index in [-0.39, 0.29) is 12.7 Å². The maximum Gasteiger partial charge on any atom is 0.0695 e. The molecule has 0 spiro atoms. The number of rotatable bonds is 4. The van der Waals surface area contributed by atoms with Crippen molar-refractivity contribution in [2.45, 2.75) is 63.1 Å². The highest BCUT2D eigenvalue weighted by Gasteiger charge is 2.32. The van der Waals surface area contributed by atoms with Crippen LogP contribution in [0.15, 0.2) is 12.3 Å². The second kappa shape index (κ2) is 6.90. The van der Waals surface area contributed by atoms with Gasteiger partial charge in [0, 0.05) is 23.9 Å². The van der Waals surface area contributed by atoms with E-state index in [9.17, 15) is 5.11 Å². The Kier molecular flexibility index (Phi) is 4.93. The number of hydrogen-bond acceptors (Lipinski definition) is 4. The lowest BCUT2D eigenvalue weighted by Crippen LogP contribution is -2.48. The van der Waals surface area contributed by atoms with Crippen LogP contribution in [0, 0.1) is 0 Å². The molecule has 0 amide bonds. The largest absolute Gasteiger partial charge is 0.394 e. The van der Waals surface area contributed by atoms with Crippen molar-refractivity contribution in [1.82, 2.24) is 14.7 Å². The minimum atomic E-state index is -0.129. The maximum atomic E-state index is 10.2. The lowest BCUT2D eigenvalue weighted by molar-refractivity contribution is 0.00830. The number of aliphatic hydroxyl groups is 2. The Bertz CT molecular complexity index is 440. The number of aliphatic hydroxyl groups excluding tert-OH is 2. The molecule has 118 valence electrons. The van der Waals surface area contributed by atoms with Gasteiger partial charge in [0.25, 0.3) is 0 Å². The van der Waals surface area contributed by atoms with E-state index in [0.29, 0.717) is 18.5 Å². The van der Waals surface area contributed by atoms with Crippen LogP contribution in [0.4, 0.5) is 0 Å². The zero-order valence-electron chi connectivity index (χ0n) is 12.7. The van der Waals surface area contributed by atoms with Crippen LogP contribution in [0.2, 0.25) is 0 Å². The molecule has 0 bridgehead atoms. The third-order valence-electron chi connectivity index (χ3n) is 5.17. The summed E-state index contributed by atoms with van der Waals surface area (Å²) in [6, 6.07) is 2.47. The van der Waals surface area contributed by atoms with Crippen molar-refractivity contribution in [1.29, 1.82) is 0 Å². The van der Waals surface area contributed by atoms with Gasteiger partial charge in [-0.2, -0.15) is 5.10 Å². The number of likely N-dealkylation sites (tertiary alicyclic amines) is 1. The first-order valence-corrected chi connectivity index (χ1v) is 8.34. The second-order valence-electron chi connectivity index (χ2n) is 6.43. The fourth-order valence-corrected chi connectivity index (χ4v) is 4.02. The molecule has 1 aromatic heterocycles. The van der Waals surface area contributed by atoms with Crippen LogP contribution < -0.4 is 0 Å². The van der Waals surface area contributed by atoms with Gasteiger partial charge in [-0.1, -0.05) is 12.8 Å². The zero-order valence-corrected chi connectivity index (χ0v) is 12.7. The van der Waals surface area contributed by atoms with Crippen molar-refractivity contribution in [2.24, 2.45) is 0 Å². The number of hydrogen-bond donors (Lipinski definition) is 2. The molecule has 21 heavy (non-hydrogen) atoms. The third-order valence-corrected chi connectivity index (χ3v) is 5.17. The summed E-state index contributed by atoms with van der Waals surface area (Å²) in [6.45, 7) is 2.86. The Hall–Kier alpha value is -0.910. The average molecular weight is 293 g/mol. The Morgan fingerprint density at radius 3 is 2.62 bits per heavy atom. The van der Waals surface area contributed by atoms with Gasteiger partial charge in [-0.05, 0) is 44.8 Å². The topological polar surface area (TPSA) is 61.5 Å². The predicted octanol–water partition coefficient (Wildman–Crippen LogP) is 1.36. The molecule has 5 heteroatoms. The summed E-state index contributed by atoms with van der Waals surface area (Å²) in [5, 5.41) is 23.6. The molecule has 2 N–H and O–H groups in total. The standard InChI is InChI=1S/C16H27N3O2/c20-12-11-19-14(5-8-17-19)13-6-9-18(10-7-13)15-3-1-2-4-16(15)21/h5,8,13,15-16,20-21H,1-4,6-7,9-12H2. The van der Waals surface area contributed by atoms with E-state index in [2.05, 4.69) is 16.1 Å². The summed E-state index contributed by atoms with van der Waals surface area (Å²) in [4.78, 5) is 2.49. The molecule has 5 nitrogen and oxygen atoms in total. The zero-order chi connectivity index (χ0) is 14.7. The molecular weight excluding hydrogens is 266 g/mol. The summed E-state index contributed by atoms with van der Waals surface area (Å²) in [6.07, 6.45) is 8.50. The molecule has 1 aromatic rings. The molecule has 2 fully saturated rings. The maximum absolute atomic E-state index is 10.2. The molecule has 2 aliphatic rings. The Labute approximate surface area is 126 Å². The lowest BCUT2D eigenvalue weighted by atomic mass is 9.87. The van der Waals surface area contributed by atoms with Crippen LogP contribution in [-0.2, 0) is 6.54 Å². The van der Waals surface area contributed by atoms with Crippen molar-refractivity contribution >= 4 is 0 Å². The van der Waals surface area contributed by atoms with Crippen LogP contribution in [0.3, 0.4) is 0 Å². The minimum Gasteiger partial charge on any atom is -0.394 e. The van der Waals surface area contributed by atoms with Gasteiger partial charge in [-0.25, -0.2) is 0 Å². The predicted molar refractivity (Wildman–Crippen MR) is 81.1 cm³/mol. The smallest absolute Gasteiger partial charge is 0.0695 e. The van der Waals surface area contributed by atoms with Crippen LogP contribution in [0.1, 0.15) is 50.1 Å². The summed E-state index contributed by atoms with van der Waals surface area (Å²) in [5.41, 5.74) is 1.26. The highest BCUT2D eigenvalue weighted by atomic mass is 16.3. The molecular formula is C16H27N3O2. The van der Waals surface area contributed by atoms with E-state index in [1.807, 2.05) is 10.9 Å². The normalized spacial score (nSPS) is 28.9. The van der Waals surface area contributed by atoms with Gasteiger partial charge in [0.1, 0.15) is 0 Å². The Morgan fingerprint density at radius 2 is 1.90 bits per heavy atom. The van der Waals surface area contributed by atoms with Gasteiger partial charge in [-0.15, -0.1) is 0 Å². The van der Waals surface area contributed by atoms with Gasteiger partial charge in [-0.3, -0.25) is 9.58 Å². The van der Waals surface area contributed by atoms with E-state index in [1.165, 1.54) is 18.5 Å². The molecule has 2 heterocycles. The van der Waals surface area contributed by atoms with Crippen LogP contribution >= 0.6 is 0 Å². The second-order valence-corrected chi connectivity index (χ2v) is 6.43. The average Bonchev–Trinajstić information content (AvgIpc) is 2.97. The number of piperidine rings is 1. The third kappa shape index (κ3) is 3.30. The van der Waals surface area contributed by atoms with Gasteiger partial charge in [0.15, 0.2) is 0 Å². The number of aromatic nitrogens is 2. The molecule has 2 atom stereocenters. The quantitative estimate of drug-likeness (QED) is 0.880. The summed E-state index contributed by atoms with van der Waals surface area (Å²) >= 11 is 0. The van der Waals surface area contributed by atoms with Crippen LogP contribution in [0.5, 0.6) is 0 Å². The molecule has 0 aromatic carbocycles. The molecule has 1 aliphatic carbocycles. The minimum absolute atomic E-state index is 0.129. The van der Waals surface area contributed by atoms with Gasteiger partial charge in [0.05, 0.1) is 19.3 Å². The summed E-state index contributed by atoms with van der Waals surface area (Å²) < 4.78 is 1.94. The fraction of sp³-hybridized carbons (Fsp3) is 0.812. The lowest BCUT2D eigenvalue weighted by Gasteiger charge is -2.41.